The highest BCUT2D eigenvalue weighted by Gasteiger charge is 2.49. The lowest BCUT2D eigenvalue weighted by Crippen LogP contribution is -2.65. The Balaban J connectivity index is 1.89. The fraction of sp³-hybridized carbons (Fsp3) is 0.438. The molecule has 0 spiro atoms. The van der Waals surface area contributed by atoms with Crippen LogP contribution in [0.25, 0.3) is 0 Å². The molecular formula is C16H19N3O4. The summed E-state index contributed by atoms with van der Waals surface area (Å²) in [5.74, 6) is -0.613. The molecule has 7 nitrogen and oxygen atoms in total. The summed E-state index contributed by atoms with van der Waals surface area (Å²) in [6.45, 7) is 2.29. The SMILES string of the molecule is COCC(=O)N1CC[C@H]2NC(=O)N(c3ccc(C)cc3)C(=O)[C@@H]21. The third kappa shape index (κ3) is 2.68. The van der Waals surface area contributed by atoms with Crippen molar-refractivity contribution in [3.05, 3.63) is 29.8 Å². The third-order valence-corrected chi connectivity index (χ3v) is 4.26. The number of rotatable bonds is 3. The van der Waals surface area contributed by atoms with Gasteiger partial charge in [0.25, 0.3) is 5.91 Å². The van der Waals surface area contributed by atoms with Gasteiger partial charge in [-0.3, -0.25) is 9.59 Å². The normalized spacial score (nSPS) is 23.7. The van der Waals surface area contributed by atoms with Crippen molar-refractivity contribution in [3.8, 4) is 0 Å². The number of nitrogens with zero attached hydrogens (tertiary/aromatic N) is 2. The van der Waals surface area contributed by atoms with Crippen LogP contribution in [-0.2, 0) is 14.3 Å². The number of carbonyl (C=O) groups excluding carboxylic acids is 3. The van der Waals surface area contributed by atoms with Gasteiger partial charge >= 0.3 is 6.03 Å². The van der Waals surface area contributed by atoms with E-state index in [0.29, 0.717) is 18.7 Å². The van der Waals surface area contributed by atoms with E-state index >= 15 is 0 Å². The Hall–Kier alpha value is -2.41. The Labute approximate surface area is 134 Å². The Morgan fingerprint density at radius 1 is 1.30 bits per heavy atom. The van der Waals surface area contributed by atoms with E-state index in [4.69, 9.17) is 4.74 Å². The third-order valence-electron chi connectivity index (χ3n) is 4.26. The van der Waals surface area contributed by atoms with Crippen molar-refractivity contribution < 1.29 is 19.1 Å². The highest BCUT2D eigenvalue weighted by Crippen LogP contribution is 2.27. The molecule has 1 N–H and O–H groups in total. The molecule has 2 heterocycles. The minimum Gasteiger partial charge on any atom is -0.375 e. The van der Waals surface area contributed by atoms with Gasteiger partial charge < -0.3 is 15.0 Å². The zero-order valence-corrected chi connectivity index (χ0v) is 13.1. The van der Waals surface area contributed by atoms with E-state index in [0.717, 1.165) is 10.5 Å². The van der Waals surface area contributed by atoms with Crippen molar-refractivity contribution in [2.45, 2.75) is 25.4 Å². The molecule has 23 heavy (non-hydrogen) atoms. The maximum Gasteiger partial charge on any atom is 0.329 e. The highest BCUT2D eigenvalue weighted by atomic mass is 16.5. The van der Waals surface area contributed by atoms with Crippen molar-refractivity contribution in [2.75, 3.05) is 25.2 Å². The first-order chi connectivity index (χ1) is 11.0. The van der Waals surface area contributed by atoms with Crippen LogP contribution < -0.4 is 10.2 Å². The molecule has 4 amide bonds. The van der Waals surface area contributed by atoms with Crippen LogP contribution in [0, 0.1) is 6.92 Å². The van der Waals surface area contributed by atoms with Gasteiger partial charge in [0.15, 0.2) is 0 Å². The van der Waals surface area contributed by atoms with Gasteiger partial charge in [0.2, 0.25) is 5.91 Å². The lowest BCUT2D eigenvalue weighted by Gasteiger charge is -2.36. The van der Waals surface area contributed by atoms with Gasteiger partial charge in [-0.2, -0.15) is 0 Å². The molecule has 2 aliphatic rings. The van der Waals surface area contributed by atoms with E-state index in [2.05, 4.69) is 5.32 Å². The Bertz CT molecular complexity index is 643. The van der Waals surface area contributed by atoms with Gasteiger partial charge in [-0.1, -0.05) is 17.7 Å². The minimum atomic E-state index is -0.670. The Kier molecular flexibility index (Phi) is 4.04. The number of nitrogens with one attached hydrogen (secondary N) is 1. The molecule has 2 aliphatic heterocycles. The van der Waals surface area contributed by atoms with Crippen LogP contribution in [0.4, 0.5) is 10.5 Å². The first kappa shape index (κ1) is 15.5. The lowest BCUT2D eigenvalue weighted by atomic mass is 10.0. The first-order valence-electron chi connectivity index (χ1n) is 7.52. The van der Waals surface area contributed by atoms with Crippen LogP contribution in [0.5, 0.6) is 0 Å². The standard InChI is InChI=1S/C16H19N3O4/c1-10-3-5-11(6-4-10)19-15(21)14-12(17-16(19)22)7-8-18(14)13(20)9-23-2/h3-6,12,14H,7-9H2,1-2H3,(H,17,22)/t12-,14-/m1/s1. The second kappa shape index (κ2) is 6.00. The number of hydrogen-bond acceptors (Lipinski definition) is 4. The number of hydrogen-bond donors (Lipinski definition) is 1. The Morgan fingerprint density at radius 2 is 2.00 bits per heavy atom. The predicted octanol–water partition coefficient (Wildman–Crippen LogP) is 0.667. The summed E-state index contributed by atoms with van der Waals surface area (Å²) in [4.78, 5) is 39.9. The number of methoxy groups -OCH3 is 1. The maximum absolute atomic E-state index is 12.9. The second-order valence-corrected chi connectivity index (χ2v) is 5.82. The number of fused-ring (bicyclic) bond motifs is 1. The number of anilines is 1. The van der Waals surface area contributed by atoms with Gasteiger partial charge in [0, 0.05) is 13.7 Å². The fourth-order valence-electron chi connectivity index (χ4n) is 3.13. The lowest BCUT2D eigenvalue weighted by molar-refractivity contribution is -0.140. The predicted molar refractivity (Wildman–Crippen MR) is 83.0 cm³/mol. The number of aryl methyl sites for hydroxylation is 1. The number of imide groups is 1. The molecule has 2 saturated heterocycles. The molecule has 0 saturated carbocycles. The number of ether oxygens (including phenoxy) is 1. The highest BCUT2D eigenvalue weighted by molar-refractivity contribution is 6.19. The average molecular weight is 317 g/mol. The maximum atomic E-state index is 12.9. The zero-order valence-electron chi connectivity index (χ0n) is 13.1. The van der Waals surface area contributed by atoms with Gasteiger partial charge in [-0.15, -0.1) is 0 Å². The molecule has 1 aromatic rings. The monoisotopic (exact) mass is 317 g/mol. The summed E-state index contributed by atoms with van der Waals surface area (Å²) in [6, 6.07) is 5.68. The van der Waals surface area contributed by atoms with E-state index in [1.54, 1.807) is 12.1 Å². The van der Waals surface area contributed by atoms with Gasteiger partial charge in [0.05, 0.1) is 11.7 Å². The van der Waals surface area contributed by atoms with Crippen molar-refractivity contribution >= 4 is 23.5 Å². The number of carbonyl (C=O) groups is 3. The largest absolute Gasteiger partial charge is 0.375 e. The van der Waals surface area contributed by atoms with Crippen LogP contribution >= 0.6 is 0 Å². The van der Waals surface area contributed by atoms with E-state index in [-0.39, 0.29) is 24.5 Å². The molecular weight excluding hydrogens is 298 g/mol. The van der Waals surface area contributed by atoms with Gasteiger partial charge in [-0.05, 0) is 25.5 Å². The van der Waals surface area contributed by atoms with Crippen molar-refractivity contribution in [1.82, 2.24) is 10.2 Å². The van der Waals surface area contributed by atoms with E-state index in [1.807, 2.05) is 19.1 Å². The van der Waals surface area contributed by atoms with Crippen LogP contribution in [0.2, 0.25) is 0 Å². The number of urea groups is 1. The van der Waals surface area contributed by atoms with Gasteiger partial charge in [-0.25, -0.2) is 9.69 Å². The molecule has 122 valence electrons. The number of benzene rings is 1. The summed E-state index contributed by atoms with van der Waals surface area (Å²) in [5, 5.41) is 2.83. The van der Waals surface area contributed by atoms with Crippen LogP contribution in [-0.4, -0.2) is 55.1 Å². The van der Waals surface area contributed by atoms with Gasteiger partial charge in [0.1, 0.15) is 12.6 Å². The van der Waals surface area contributed by atoms with E-state index in [1.165, 1.54) is 12.0 Å². The molecule has 0 bridgehead atoms. The minimum absolute atomic E-state index is 0.0744. The Morgan fingerprint density at radius 3 is 2.65 bits per heavy atom. The van der Waals surface area contributed by atoms with E-state index < -0.39 is 12.1 Å². The van der Waals surface area contributed by atoms with Crippen LogP contribution in [0.15, 0.2) is 24.3 Å². The number of likely N-dealkylation sites (tertiary alicyclic amines) is 1. The average Bonchev–Trinajstić information content (AvgIpc) is 2.93. The second-order valence-electron chi connectivity index (χ2n) is 5.82. The summed E-state index contributed by atoms with van der Waals surface area (Å²) >= 11 is 0. The zero-order chi connectivity index (χ0) is 16.6. The molecule has 1 aromatic carbocycles. The quantitative estimate of drug-likeness (QED) is 0.888. The summed E-state index contributed by atoms with van der Waals surface area (Å²) in [6.07, 6.45) is 0.569. The molecule has 2 fully saturated rings. The molecule has 2 atom stereocenters. The molecule has 0 aromatic heterocycles. The van der Waals surface area contributed by atoms with Crippen molar-refractivity contribution in [1.29, 1.82) is 0 Å². The van der Waals surface area contributed by atoms with Crippen LogP contribution in [0.3, 0.4) is 0 Å². The molecule has 3 rings (SSSR count). The first-order valence-corrected chi connectivity index (χ1v) is 7.52. The molecule has 0 radical (unpaired) electrons. The smallest absolute Gasteiger partial charge is 0.329 e. The molecule has 0 aliphatic carbocycles. The number of amides is 4. The molecule has 0 unspecified atom stereocenters. The summed E-state index contributed by atoms with van der Waals surface area (Å²) < 4.78 is 4.87. The topological polar surface area (TPSA) is 79.0 Å². The summed E-state index contributed by atoms with van der Waals surface area (Å²) in [7, 11) is 1.44. The summed E-state index contributed by atoms with van der Waals surface area (Å²) in [5.41, 5.74) is 1.54. The van der Waals surface area contributed by atoms with Crippen LogP contribution in [0.1, 0.15) is 12.0 Å². The van der Waals surface area contributed by atoms with Crippen molar-refractivity contribution in [2.24, 2.45) is 0 Å². The molecule has 7 heteroatoms. The fourth-order valence-corrected chi connectivity index (χ4v) is 3.13. The van der Waals surface area contributed by atoms with E-state index in [9.17, 15) is 14.4 Å². The van der Waals surface area contributed by atoms with Crippen molar-refractivity contribution in [3.63, 3.8) is 0 Å².